The number of fused-ring (bicyclic) bond motifs is 2. The second-order valence-corrected chi connectivity index (χ2v) is 8.68. The lowest BCUT2D eigenvalue weighted by Crippen LogP contribution is -2.31. The highest BCUT2D eigenvalue weighted by atomic mass is 16.2. The molecule has 9 heteroatoms. The van der Waals surface area contributed by atoms with Crippen molar-refractivity contribution in [2.45, 2.75) is 6.54 Å². The number of nitrogen functional groups attached to an aromatic ring is 1. The summed E-state index contributed by atoms with van der Waals surface area (Å²) >= 11 is 0. The van der Waals surface area contributed by atoms with E-state index in [1.165, 1.54) is 7.05 Å². The fourth-order valence-corrected chi connectivity index (χ4v) is 4.60. The topological polar surface area (TPSA) is 147 Å². The number of amides is 3. The van der Waals surface area contributed by atoms with Crippen molar-refractivity contribution < 1.29 is 14.4 Å². The van der Waals surface area contributed by atoms with Crippen molar-refractivity contribution in [2.24, 2.45) is 5.73 Å². The fraction of sp³-hybridized carbons (Fsp3) is 0.111. The van der Waals surface area contributed by atoms with Gasteiger partial charge in [0.1, 0.15) is 0 Å². The van der Waals surface area contributed by atoms with Gasteiger partial charge in [-0.1, -0.05) is 30.8 Å². The number of carbonyl (C=O) groups is 3. The lowest BCUT2D eigenvalue weighted by atomic mass is 9.94. The Morgan fingerprint density at radius 3 is 2.69 bits per heavy atom. The van der Waals surface area contributed by atoms with Gasteiger partial charge in [-0.25, -0.2) is 0 Å². The molecule has 4 aromatic rings. The molecule has 0 saturated carbocycles. The molecule has 180 valence electrons. The van der Waals surface area contributed by atoms with Crippen LogP contribution in [-0.2, 0) is 11.3 Å². The highest BCUT2D eigenvalue weighted by Gasteiger charge is 2.32. The van der Waals surface area contributed by atoms with Gasteiger partial charge in [0, 0.05) is 41.4 Å². The SMILES string of the molecule is C=C(CN1Cc2c(-c3ccc4[nH]nc(-c5cccc(C(N)=O)c5)c4c3)ccc(N)c2C1=O)C(=O)NC. The number of hydrogen-bond donors (Lipinski definition) is 4. The third-order valence-corrected chi connectivity index (χ3v) is 6.42. The highest BCUT2D eigenvalue weighted by molar-refractivity contribution is 6.06. The maximum Gasteiger partial charge on any atom is 0.256 e. The number of H-pyrrole nitrogens is 1. The number of aromatic nitrogens is 2. The summed E-state index contributed by atoms with van der Waals surface area (Å²) in [6, 6.07) is 16.5. The molecular formula is C27H24N6O3. The number of primary amides is 1. The third-order valence-electron chi connectivity index (χ3n) is 6.42. The standard InChI is InChI=1S/C27H24N6O3/c1-14(26(35)30-2)12-33-13-20-18(7-8-21(28)23(20)27(33)36)15-6-9-22-19(11-15)24(32-31-22)16-4-3-5-17(10-16)25(29)34/h3-11H,1,12-13,28H2,2H3,(H2,29,34)(H,30,35)(H,31,32). The number of anilines is 1. The molecule has 0 spiro atoms. The number of likely N-dealkylation sites (N-methyl/N-ethyl adjacent to an activating group) is 1. The number of nitrogens with two attached hydrogens (primary N) is 2. The number of hydrogen-bond acceptors (Lipinski definition) is 5. The van der Waals surface area contributed by atoms with Crippen molar-refractivity contribution in [1.82, 2.24) is 20.4 Å². The third kappa shape index (κ3) is 3.76. The van der Waals surface area contributed by atoms with Crippen molar-refractivity contribution in [2.75, 3.05) is 19.3 Å². The Balaban J connectivity index is 1.57. The highest BCUT2D eigenvalue weighted by Crippen LogP contribution is 2.38. The summed E-state index contributed by atoms with van der Waals surface area (Å²) in [6.45, 7) is 4.21. The van der Waals surface area contributed by atoms with Crippen LogP contribution in [0.25, 0.3) is 33.3 Å². The molecule has 36 heavy (non-hydrogen) atoms. The molecule has 5 rings (SSSR count). The number of rotatable bonds is 6. The summed E-state index contributed by atoms with van der Waals surface area (Å²) in [5, 5.41) is 10.9. The van der Waals surface area contributed by atoms with Gasteiger partial charge < -0.3 is 21.7 Å². The van der Waals surface area contributed by atoms with E-state index in [9.17, 15) is 14.4 Å². The van der Waals surface area contributed by atoms with E-state index in [-0.39, 0.29) is 18.4 Å². The minimum Gasteiger partial charge on any atom is -0.398 e. The van der Waals surface area contributed by atoms with Gasteiger partial charge in [0.25, 0.3) is 5.91 Å². The Kier molecular flexibility index (Phi) is 5.52. The lowest BCUT2D eigenvalue weighted by Gasteiger charge is -2.16. The van der Waals surface area contributed by atoms with Crippen LogP contribution in [0.1, 0.15) is 26.3 Å². The molecule has 1 aliphatic heterocycles. The predicted molar refractivity (Wildman–Crippen MR) is 138 cm³/mol. The van der Waals surface area contributed by atoms with Gasteiger partial charge in [0.05, 0.1) is 23.3 Å². The first kappa shape index (κ1) is 22.9. The van der Waals surface area contributed by atoms with Crippen LogP contribution in [0.5, 0.6) is 0 Å². The maximum atomic E-state index is 13.2. The zero-order valence-electron chi connectivity index (χ0n) is 19.6. The number of aromatic amines is 1. The Morgan fingerprint density at radius 2 is 1.94 bits per heavy atom. The molecule has 0 saturated heterocycles. The summed E-state index contributed by atoms with van der Waals surface area (Å²) in [6.07, 6.45) is 0. The van der Waals surface area contributed by atoms with E-state index < -0.39 is 5.91 Å². The molecule has 1 aliphatic rings. The quantitative estimate of drug-likeness (QED) is 0.247. The molecule has 1 aromatic heterocycles. The normalized spacial score (nSPS) is 12.6. The second-order valence-electron chi connectivity index (χ2n) is 8.68. The van der Waals surface area contributed by atoms with Gasteiger partial charge in [0.2, 0.25) is 11.8 Å². The van der Waals surface area contributed by atoms with Crippen LogP contribution in [0.3, 0.4) is 0 Å². The van der Waals surface area contributed by atoms with Crippen molar-refractivity contribution in [3.63, 3.8) is 0 Å². The Hall–Kier alpha value is -4.92. The number of carbonyl (C=O) groups excluding carboxylic acids is 3. The summed E-state index contributed by atoms with van der Waals surface area (Å²) in [7, 11) is 1.52. The van der Waals surface area contributed by atoms with Crippen LogP contribution >= 0.6 is 0 Å². The van der Waals surface area contributed by atoms with Crippen LogP contribution in [-0.4, -0.2) is 46.4 Å². The zero-order chi connectivity index (χ0) is 25.6. The molecular weight excluding hydrogens is 456 g/mol. The molecule has 3 aromatic carbocycles. The number of nitrogens with one attached hydrogen (secondary N) is 2. The first-order chi connectivity index (χ1) is 17.3. The molecule has 0 radical (unpaired) electrons. The molecule has 9 nitrogen and oxygen atoms in total. The average Bonchev–Trinajstić information content (AvgIpc) is 3.45. The molecule has 6 N–H and O–H groups in total. The van der Waals surface area contributed by atoms with Crippen LogP contribution in [0.4, 0.5) is 5.69 Å². The van der Waals surface area contributed by atoms with Crippen molar-refractivity contribution in [3.05, 3.63) is 83.4 Å². The van der Waals surface area contributed by atoms with E-state index in [0.717, 1.165) is 33.2 Å². The van der Waals surface area contributed by atoms with E-state index in [4.69, 9.17) is 11.5 Å². The van der Waals surface area contributed by atoms with Gasteiger partial charge in [-0.05, 0) is 47.0 Å². The smallest absolute Gasteiger partial charge is 0.256 e. The summed E-state index contributed by atoms with van der Waals surface area (Å²) in [4.78, 5) is 38.3. The van der Waals surface area contributed by atoms with Crippen LogP contribution in [0, 0.1) is 0 Å². The van der Waals surface area contributed by atoms with E-state index in [2.05, 4.69) is 22.1 Å². The minimum absolute atomic E-state index is 0.104. The Morgan fingerprint density at radius 1 is 1.14 bits per heavy atom. The van der Waals surface area contributed by atoms with Gasteiger partial charge in [-0.15, -0.1) is 0 Å². The van der Waals surface area contributed by atoms with Crippen molar-refractivity contribution in [1.29, 1.82) is 0 Å². The van der Waals surface area contributed by atoms with E-state index in [1.807, 2.05) is 30.3 Å². The molecule has 0 atom stereocenters. The molecule has 0 aliphatic carbocycles. The van der Waals surface area contributed by atoms with Crippen molar-refractivity contribution >= 4 is 34.3 Å². The molecule has 0 bridgehead atoms. The fourth-order valence-electron chi connectivity index (χ4n) is 4.60. The lowest BCUT2D eigenvalue weighted by molar-refractivity contribution is -0.117. The molecule has 0 unspecified atom stereocenters. The Labute approximate surface area is 206 Å². The van der Waals surface area contributed by atoms with E-state index in [1.54, 1.807) is 29.2 Å². The number of benzene rings is 3. The first-order valence-electron chi connectivity index (χ1n) is 11.3. The van der Waals surface area contributed by atoms with Gasteiger partial charge >= 0.3 is 0 Å². The van der Waals surface area contributed by atoms with E-state index in [0.29, 0.717) is 34.6 Å². The maximum absolute atomic E-state index is 13.2. The van der Waals surface area contributed by atoms with Crippen LogP contribution in [0.15, 0.2) is 66.7 Å². The second kappa shape index (κ2) is 8.70. The summed E-state index contributed by atoms with van der Waals surface area (Å²) in [5.74, 6) is -1.06. The molecule has 0 fully saturated rings. The first-order valence-corrected chi connectivity index (χ1v) is 11.3. The molecule has 3 amide bonds. The number of nitrogens with zero attached hydrogens (tertiary/aromatic N) is 2. The molecule has 2 heterocycles. The van der Waals surface area contributed by atoms with Gasteiger partial charge in [-0.3, -0.25) is 19.5 Å². The van der Waals surface area contributed by atoms with Gasteiger partial charge in [0.15, 0.2) is 0 Å². The average molecular weight is 481 g/mol. The van der Waals surface area contributed by atoms with Crippen LogP contribution < -0.4 is 16.8 Å². The predicted octanol–water partition coefficient (Wildman–Crippen LogP) is 2.84. The largest absolute Gasteiger partial charge is 0.398 e. The van der Waals surface area contributed by atoms with Crippen molar-refractivity contribution in [3.8, 4) is 22.4 Å². The summed E-state index contributed by atoms with van der Waals surface area (Å²) < 4.78 is 0. The van der Waals surface area contributed by atoms with Crippen LogP contribution in [0.2, 0.25) is 0 Å². The zero-order valence-corrected chi connectivity index (χ0v) is 19.6. The monoisotopic (exact) mass is 480 g/mol. The van der Waals surface area contributed by atoms with Gasteiger partial charge in [-0.2, -0.15) is 5.10 Å². The van der Waals surface area contributed by atoms with E-state index >= 15 is 0 Å². The minimum atomic E-state index is -0.511. The Bertz CT molecular complexity index is 1590. The summed E-state index contributed by atoms with van der Waals surface area (Å²) in [5.41, 5.74) is 18.0.